The molecular weight excluding hydrogens is 332 g/mol. The van der Waals surface area contributed by atoms with Gasteiger partial charge in [-0.05, 0) is 52.9 Å². The molecule has 0 saturated carbocycles. The minimum Gasteiger partial charge on any atom is -0.497 e. The van der Waals surface area contributed by atoms with Crippen LogP contribution in [0, 0.1) is 0 Å². The Morgan fingerprint density at radius 2 is 2.05 bits per heavy atom. The number of nitrogens with zero attached hydrogens (tertiary/aromatic N) is 1. The highest BCUT2D eigenvalue weighted by Gasteiger charge is 2.11. The van der Waals surface area contributed by atoms with Gasteiger partial charge in [0.05, 0.1) is 36.2 Å². The molecule has 2 rings (SSSR count). The number of allylic oxidation sites excluding steroid dienone is 1. The fraction of sp³-hybridized carbons (Fsp3) is 0.438. The Morgan fingerprint density at radius 1 is 1.29 bits per heavy atom. The maximum absolute atomic E-state index is 6.06. The van der Waals surface area contributed by atoms with E-state index in [0.717, 1.165) is 40.9 Å². The minimum atomic E-state index is 0.394. The van der Waals surface area contributed by atoms with Gasteiger partial charge in [0.15, 0.2) is 0 Å². The van der Waals surface area contributed by atoms with Gasteiger partial charge in [0, 0.05) is 6.54 Å². The van der Waals surface area contributed by atoms with E-state index in [-0.39, 0.29) is 0 Å². The number of nitrogens with two attached hydrogens (primary N) is 1. The molecular formula is C16H21BrN2O2. The lowest BCUT2D eigenvalue weighted by Gasteiger charge is -2.13. The van der Waals surface area contributed by atoms with Gasteiger partial charge in [-0.15, -0.1) is 0 Å². The van der Waals surface area contributed by atoms with Crippen molar-refractivity contribution in [1.82, 2.24) is 0 Å². The van der Waals surface area contributed by atoms with Gasteiger partial charge >= 0.3 is 0 Å². The summed E-state index contributed by atoms with van der Waals surface area (Å²) in [6.07, 6.45) is 3.32. The Hall–Kier alpha value is -1.33. The summed E-state index contributed by atoms with van der Waals surface area (Å²) >= 11 is 3.54. The molecule has 1 aromatic carbocycles. The van der Waals surface area contributed by atoms with Crippen molar-refractivity contribution in [1.29, 1.82) is 0 Å². The smallest absolute Gasteiger partial charge is 0.118 e. The molecule has 114 valence electrons. The molecule has 1 aliphatic heterocycles. The second-order valence-electron chi connectivity index (χ2n) is 4.97. The van der Waals surface area contributed by atoms with Crippen LogP contribution in [0.2, 0.25) is 0 Å². The molecule has 0 radical (unpaired) electrons. The highest BCUT2D eigenvalue weighted by molar-refractivity contribution is 9.12. The van der Waals surface area contributed by atoms with Gasteiger partial charge in [0.2, 0.25) is 0 Å². The molecule has 21 heavy (non-hydrogen) atoms. The van der Waals surface area contributed by atoms with Crippen molar-refractivity contribution in [3.8, 4) is 5.75 Å². The van der Waals surface area contributed by atoms with Crippen molar-refractivity contribution in [2.75, 3.05) is 20.3 Å². The molecule has 0 aliphatic carbocycles. The molecule has 5 heteroatoms. The summed E-state index contributed by atoms with van der Waals surface area (Å²) in [5, 5.41) is 0. The van der Waals surface area contributed by atoms with Gasteiger partial charge < -0.3 is 15.2 Å². The zero-order chi connectivity index (χ0) is 15.1. The number of halogens is 1. The van der Waals surface area contributed by atoms with Crippen molar-refractivity contribution >= 4 is 21.6 Å². The van der Waals surface area contributed by atoms with Crippen LogP contribution in [0.1, 0.15) is 24.8 Å². The number of hydrogen-bond donors (Lipinski definition) is 1. The van der Waals surface area contributed by atoms with Crippen molar-refractivity contribution in [2.45, 2.75) is 25.9 Å². The van der Waals surface area contributed by atoms with Crippen molar-refractivity contribution < 1.29 is 9.47 Å². The Balaban J connectivity index is 1.85. The molecule has 0 saturated heterocycles. The third-order valence-electron chi connectivity index (χ3n) is 3.34. The number of rotatable bonds is 6. The predicted molar refractivity (Wildman–Crippen MR) is 88.9 cm³/mol. The molecule has 2 N–H and O–H groups in total. The first-order chi connectivity index (χ1) is 10.2. The summed E-state index contributed by atoms with van der Waals surface area (Å²) < 4.78 is 11.7. The molecule has 1 aromatic rings. The maximum Gasteiger partial charge on any atom is 0.118 e. The van der Waals surface area contributed by atoms with Crippen LogP contribution in [0.4, 0.5) is 0 Å². The van der Waals surface area contributed by atoms with E-state index in [1.54, 1.807) is 7.11 Å². The SMILES string of the molecule is COc1ccc(COCC(N)=C(Br)C2=NCCCC2)cc1. The molecule has 0 fully saturated rings. The van der Waals surface area contributed by atoms with Gasteiger partial charge in [-0.3, -0.25) is 4.99 Å². The average molecular weight is 353 g/mol. The monoisotopic (exact) mass is 352 g/mol. The third-order valence-corrected chi connectivity index (χ3v) is 4.31. The molecule has 0 spiro atoms. The summed E-state index contributed by atoms with van der Waals surface area (Å²) in [5.41, 5.74) is 8.92. The number of ether oxygens (including phenoxy) is 2. The lowest BCUT2D eigenvalue weighted by Crippen LogP contribution is -2.15. The molecule has 4 nitrogen and oxygen atoms in total. The fourth-order valence-corrected chi connectivity index (χ4v) is 2.56. The summed E-state index contributed by atoms with van der Waals surface area (Å²) in [6.45, 7) is 1.81. The highest BCUT2D eigenvalue weighted by atomic mass is 79.9. The summed E-state index contributed by atoms with van der Waals surface area (Å²) in [6, 6.07) is 7.81. The van der Waals surface area contributed by atoms with Crippen LogP contribution < -0.4 is 10.5 Å². The van der Waals surface area contributed by atoms with Crippen LogP contribution in [0.5, 0.6) is 5.75 Å². The second kappa shape index (κ2) is 8.20. The summed E-state index contributed by atoms with van der Waals surface area (Å²) in [5.74, 6) is 0.844. The Labute approximate surface area is 134 Å². The maximum atomic E-state index is 6.06. The normalized spacial score (nSPS) is 16.2. The molecule has 0 amide bonds. The fourth-order valence-electron chi connectivity index (χ4n) is 2.13. The number of methoxy groups -OCH3 is 1. The van der Waals surface area contributed by atoms with Crippen LogP contribution in [0.3, 0.4) is 0 Å². The molecule has 0 unspecified atom stereocenters. The first kappa shape index (κ1) is 16.0. The van der Waals surface area contributed by atoms with Crippen LogP contribution in [-0.2, 0) is 11.3 Å². The topological polar surface area (TPSA) is 56.8 Å². The lowest BCUT2D eigenvalue weighted by molar-refractivity contribution is 0.141. The average Bonchev–Trinajstić information content (AvgIpc) is 2.55. The van der Waals surface area contributed by atoms with Gasteiger partial charge in [0.1, 0.15) is 5.75 Å². The highest BCUT2D eigenvalue weighted by Crippen LogP contribution is 2.19. The Morgan fingerprint density at radius 3 is 2.67 bits per heavy atom. The van der Waals surface area contributed by atoms with E-state index < -0.39 is 0 Å². The van der Waals surface area contributed by atoms with E-state index >= 15 is 0 Å². The summed E-state index contributed by atoms with van der Waals surface area (Å²) in [4.78, 5) is 4.50. The third kappa shape index (κ3) is 4.86. The van der Waals surface area contributed by atoms with Crippen LogP contribution >= 0.6 is 15.9 Å². The molecule has 1 heterocycles. The first-order valence-electron chi connectivity index (χ1n) is 7.09. The minimum absolute atomic E-state index is 0.394. The molecule has 1 aliphatic rings. The van der Waals surface area contributed by atoms with E-state index in [9.17, 15) is 0 Å². The molecule has 0 atom stereocenters. The Bertz CT molecular complexity index is 524. The van der Waals surface area contributed by atoms with E-state index in [4.69, 9.17) is 15.2 Å². The van der Waals surface area contributed by atoms with Crippen molar-refractivity contribution in [3.63, 3.8) is 0 Å². The largest absolute Gasteiger partial charge is 0.497 e. The van der Waals surface area contributed by atoms with E-state index in [1.165, 1.54) is 6.42 Å². The number of aliphatic imine (C=N–C) groups is 1. The number of hydrogen-bond acceptors (Lipinski definition) is 4. The second-order valence-corrected chi connectivity index (χ2v) is 5.76. The zero-order valence-corrected chi connectivity index (χ0v) is 13.9. The van der Waals surface area contributed by atoms with Gasteiger partial charge in [-0.2, -0.15) is 0 Å². The predicted octanol–water partition coefficient (Wildman–Crippen LogP) is 3.40. The Kier molecular flexibility index (Phi) is 6.26. The van der Waals surface area contributed by atoms with Gasteiger partial charge in [-0.25, -0.2) is 0 Å². The van der Waals surface area contributed by atoms with Gasteiger partial charge in [-0.1, -0.05) is 12.1 Å². The van der Waals surface area contributed by atoms with E-state index in [2.05, 4.69) is 20.9 Å². The molecule has 0 aromatic heterocycles. The van der Waals surface area contributed by atoms with Crippen molar-refractivity contribution in [3.05, 3.63) is 40.0 Å². The van der Waals surface area contributed by atoms with Crippen LogP contribution in [0.25, 0.3) is 0 Å². The van der Waals surface area contributed by atoms with Gasteiger partial charge in [0.25, 0.3) is 0 Å². The van der Waals surface area contributed by atoms with Crippen LogP contribution in [-0.4, -0.2) is 26.0 Å². The van der Waals surface area contributed by atoms with Crippen LogP contribution in [0.15, 0.2) is 39.4 Å². The van der Waals surface area contributed by atoms with Crippen molar-refractivity contribution in [2.24, 2.45) is 10.7 Å². The van der Waals surface area contributed by atoms with E-state index in [1.807, 2.05) is 24.3 Å². The zero-order valence-electron chi connectivity index (χ0n) is 12.3. The van der Waals surface area contributed by atoms with E-state index in [0.29, 0.717) is 18.9 Å². The lowest BCUT2D eigenvalue weighted by atomic mass is 10.1. The summed E-state index contributed by atoms with van der Waals surface area (Å²) in [7, 11) is 1.66. The quantitative estimate of drug-likeness (QED) is 0.853. The molecule has 0 bridgehead atoms. The number of benzene rings is 1. The standard InChI is InChI=1S/C16H21BrN2O2/c1-20-13-7-5-12(6-8-13)10-21-11-14(18)16(17)15-4-2-3-9-19-15/h5-8H,2-4,9-11,18H2,1H3. The first-order valence-corrected chi connectivity index (χ1v) is 7.88.